The highest BCUT2D eigenvalue weighted by Gasteiger charge is 2.28. The average molecular weight is 448 g/mol. The molecule has 4 rings (SSSR count). The van der Waals surface area contributed by atoms with Gasteiger partial charge in [-0.2, -0.15) is 0 Å². The van der Waals surface area contributed by atoms with Crippen molar-refractivity contribution >= 4 is 11.8 Å². The molecule has 1 saturated heterocycles. The average Bonchev–Trinajstić information content (AvgIpc) is 3.48. The molecule has 1 amide bonds. The Balaban J connectivity index is 1.70. The first-order valence-electron chi connectivity index (χ1n) is 11.7. The molecule has 2 aromatic carbocycles. The molecule has 3 aromatic rings. The van der Waals surface area contributed by atoms with Gasteiger partial charge < -0.3 is 19.1 Å². The summed E-state index contributed by atoms with van der Waals surface area (Å²) in [6, 6.07) is 16.0. The Morgan fingerprint density at radius 3 is 2.55 bits per heavy atom. The monoisotopic (exact) mass is 447 g/mol. The van der Waals surface area contributed by atoms with Gasteiger partial charge in [-0.25, -0.2) is 0 Å². The summed E-state index contributed by atoms with van der Waals surface area (Å²) in [5.41, 5.74) is 5.79. The molecule has 1 aromatic heterocycles. The quantitative estimate of drug-likeness (QED) is 0.420. The standard InChI is InChI=1S/C27H33N3O3/c1-20-10-12-22(13-11-20)26(31)30(16-7-17-32-3)19-24-25(23-9-6-8-21(2)18-23)28-33-27(24)29-14-4-5-15-29/h6,8-13,18H,4-5,7,14-17,19H2,1-3H3. The lowest BCUT2D eigenvalue weighted by Gasteiger charge is -2.24. The minimum Gasteiger partial charge on any atom is -0.385 e. The van der Waals surface area contributed by atoms with Gasteiger partial charge in [-0.3, -0.25) is 4.79 Å². The SMILES string of the molecule is COCCCN(Cc1c(-c2cccc(C)c2)noc1N1CCCC1)C(=O)c1ccc(C)cc1. The van der Waals surface area contributed by atoms with Gasteiger partial charge in [0.2, 0.25) is 5.88 Å². The van der Waals surface area contributed by atoms with E-state index in [1.165, 1.54) is 0 Å². The maximum absolute atomic E-state index is 13.5. The molecule has 1 fully saturated rings. The van der Waals surface area contributed by atoms with Crippen molar-refractivity contribution in [1.29, 1.82) is 0 Å². The van der Waals surface area contributed by atoms with E-state index in [-0.39, 0.29) is 5.91 Å². The van der Waals surface area contributed by atoms with Crippen LogP contribution in [-0.4, -0.2) is 49.3 Å². The number of aromatic nitrogens is 1. The summed E-state index contributed by atoms with van der Waals surface area (Å²) in [6.45, 7) is 7.63. The number of hydrogen-bond donors (Lipinski definition) is 0. The first-order valence-corrected chi connectivity index (χ1v) is 11.7. The molecule has 0 N–H and O–H groups in total. The Labute approximate surface area is 196 Å². The van der Waals surface area contributed by atoms with Crippen molar-refractivity contribution in [1.82, 2.24) is 10.1 Å². The summed E-state index contributed by atoms with van der Waals surface area (Å²) in [5.74, 6) is 0.798. The number of benzene rings is 2. The fourth-order valence-corrected chi connectivity index (χ4v) is 4.35. The van der Waals surface area contributed by atoms with Crippen LogP contribution in [0.2, 0.25) is 0 Å². The van der Waals surface area contributed by atoms with E-state index in [4.69, 9.17) is 9.26 Å². The van der Waals surface area contributed by atoms with Crippen LogP contribution in [0.5, 0.6) is 0 Å². The van der Waals surface area contributed by atoms with Crippen LogP contribution in [0.15, 0.2) is 53.1 Å². The van der Waals surface area contributed by atoms with Crippen LogP contribution >= 0.6 is 0 Å². The van der Waals surface area contributed by atoms with E-state index >= 15 is 0 Å². The summed E-state index contributed by atoms with van der Waals surface area (Å²) >= 11 is 0. The molecule has 1 aliphatic heterocycles. The Hall–Kier alpha value is -3.12. The van der Waals surface area contributed by atoms with Crippen LogP contribution in [0.1, 0.15) is 46.3 Å². The third-order valence-electron chi connectivity index (χ3n) is 6.16. The van der Waals surface area contributed by atoms with Crippen molar-refractivity contribution in [3.63, 3.8) is 0 Å². The third-order valence-corrected chi connectivity index (χ3v) is 6.16. The van der Waals surface area contributed by atoms with E-state index in [9.17, 15) is 4.79 Å². The van der Waals surface area contributed by atoms with Crippen LogP contribution in [0.3, 0.4) is 0 Å². The van der Waals surface area contributed by atoms with Gasteiger partial charge in [-0.15, -0.1) is 0 Å². The molecule has 1 aliphatic rings. The first-order chi connectivity index (χ1) is 16.1. The molecular formula is C27H33N3O3. The second kappa shape index (κ2) is 10.7. The van der Waals surface area contributed by atoms with Crippen molar-refractivity contribution in [3.05, 3.63) is 70.8 Å². The lowest BCUT2D eigenvalue weighted by Crippen LogP contribution is -2.33. The zero-order valence-corrected chi connectivity index (χ0v) is 19.8. The van der Waals surface area contributed by atoms with Crippen molar-refractivity contribution < 1.29 is 14.1 Å². The topological polar surface area (TPSA) is 58.8 Å². The second-order valence-corrected chi connectivity index (χ2v) is 8.82. The predicted octanol–water partition coefficient (Wildman–Crippen LogP) is 5.24. The molecule has 0 unspecified atom stereocenters. The van der Waals surface area contributed by atoms with Gasteiger partial charge in [-0.05, 0) is 51.3 Å². The zero-order chi connectivity index (χ0) is 23.2. The van der Waals surface area contributed by atoms with Gasteiger partial charge in [0.15, 0.2) is 0 Å². The van der Waals surface area contributed by atoms with Gasteiger partial charge in [0.25, 0.3) is 5.91 Å². The Bertz CT molecular complexity index is 1070. The highest BCUT2D eigenvalue weighted by atomic mass is 16.5. The number of carbonyl (C=O) groups excluding carboxylic acids is 1. The smallest absolute Gasteiger partial charge is 0.254 e. The Morgan fingerprint density at radius 1 is 1.09 bits per heavy atom. The highest BCUT2D eigenvalue weighted by Crippen LogP contribution is 2.34. The minimum absolute atomic E-state index is 0.00914. The fraction of sp³-hybridized carbons (Fsp3) is 0.407. The first kappa shape index (κ1) is 23.1. The van der Waals surface area contributed by atoms with E-state index in [1.54, 1.807) is 7.11 Å². The number of carbonyl (C=O) groups is 1. The lowest BCUT2D eigenvalue weighted by molar-refractivity contribution is 0.0724. The van der Waals surface area contributed by atoms with Gasteiger partial charge in [0.05, 0.1) is 12.1 Å². The minimum atomic E-state index is 0.00914. The predicted molar refractivity (Wildman–Crippen MR) is 131 cm³/mol. The molecule has 174 valence electrons. The van der Waals surface area contributed by atoms with Crippen molar-refractivity contribution in [3.8, 4) is 11.3 Å². The van der Waals surface area contributed by atoms with E-state index in [1.807, 2.05) is 42.2 Å². The number of amides is 1. The summed E-state index contributed by atoms with van der Waals surface area (Å²) in [4.78, 5) is 17.7. The highest BCUT2D eigenvalue weighted by molar-refractivity contribution is 5.94. The maximum atomic E-state index is 13.5. The normalized spacial score (nSPS) is 13.5. The molecule has 0 aliphatic carbocycles. The molecule has 0 radical (unpaired) electrons. The van der Waals surface area contributed by atoms with Gasteiger partial charge in [-0.1, -0.05) is 46.6 Å². The maximum Gasteiger partial charge on any atom is 0.254 e. The van der Waals surface area contributed by atoms with Gasteiger partial charge in [0, 0.05) is 44.5 Å². The van der Waals surface area contributed by atoms with E-state index in [0.717, 1.165) is 66.2 Å². The summed E-state index contributed by atoms with van der Waals surface area (Å²) in [6.07, 6.45) is 3.04. The number of rotatable bonds is 9. The molecular weight excluding hydrogens is 414 g/mol. The van der Waals surface area contributed by atoms with Crippen LogP contribution in [-0.2, 0) is 11.3 Å². The zero-order valence-electron chi connectivity index (χ0n) is 19.8. The van der Waals surface area contributed by atoms with Crippen LogP contribution in [0, 0.1) is 13.8 Å². The van der Waals surface area contributed by atoms with E-state index in [2.05, 4.69) is 35.2 Å². The molecule has 2 heterocycles. The lowest BCUT2D eigenvalue weighted by atomic mass is 10.0. The third kappa shape index (κ3) is 5.45. The molecule has 0 bridgehead atoms. The van der Waals surface area contributed by atoms with Crippen molar-refractivity contribution in [2.24, 2.45) is 0 Å². The molecule has 6 heteroatoms. The number of anilines is 1. The number of hydrogen-bond acceptors (Lipinski definition) is 5. The van der Waals surface area contributed by atoms with Crippen molar-refractivity contribution in [2.45, 2.75) is 39.7 Å². The Kier molecular flexibility index (Phi) is 7.45. The Morgan fingerprint density at radius 2 is 1.85 bits per heavy atom. The molecule has 33 heavy (non-hydrogen) atoms. The molecule has 6 nitrogen and oxygen atoms in total. The van der Waals surface area contributed by atoms with E-state index < -0.39 is 0 Å². The van der Waals surface area contributed by atoms with Gasteiger partial charge in [0.1, 0.15) is 5.69 Å². The number of methoxy groups -OCH3 is 1. The van der Waals surface area contributed by atoms with Crippen LogP contribution in [0.25, 0.3) is 11.3 Å². The number of aryl methyl sites for hydroxylation is 2. The van der Waals surface area contributed by atoms with Gasteiger partial charge >= 0.3 is 0 Å². The summed E-state index contributed by atoms with van der Waals surface area (Å²) in [5, 5.41) is 4.49. The van der Waals surface area contributed by atoms with Crippen LogP contribution in [0.4, 0.5) is 5.88 Å². The van der Waals surface area contributed by atoms with Crippen LogP contribution < -0.4 is 4.90 Å². The second-order valence-electron chi connectivity index (χ2n) is 8.82. The number of ether oxygens (including phenoxy) is 1. The summed E-state index contributed by atoms with van der Waals surface area (Å²) in [7, 11) is 1.69. The van der Waals surface area contributed by atoms with E-state index in [0.29, 0.717) is 25.3 Å². The summed E-state index contributed by atoms with van der Waals surface area (Å²) < 4.78 is 11.2. The molecule has 0 spiro atoms. The molecule has 0 saturated carbocycles. The fourth-order valence-electron chi connectivity index (χ4n) is 4.35. The number of nitrogens with zero attached hydrogens (tertiary/aromatic N) is 3. The molecule has 0 atom stereocenters. The van der Waals surface area contributed by atoms with Crippen molar-refractivity contribution in [2.75, 3.05) is 38.3 Å². The largest absolute Gasteiger partial charge is 0.385 e.